The fourth-order valence-electron chi connectivity index (χ4n) is 1.69. The third kappa shape index (κ3) is 3.76. The Morgan fingerprint density at radius 3 is 2.45 bits per heavy atom. The lowest BCUT2D eigenvalue weighted by Crippen LogP contribution is -2.12. The van der Waals surface area contributed by atoms with Crippen LogP contribution in [0.3, 0.4) is 0 Å². The summed E-state index contributed by atoms with van der Waals surface area (Å²) in [5.41, 5.74) is 1.62. The molecular formula is C14H15ClN4O3. The molecule has 0 radical (unpaired) electrons. The lowest BCUT2D eigenvalue weighted by molar-refractivity contribution is 0.187. The maximum atomic E-state index is 11.1. The summed E-state index contributed by atoms with van der Waals surface area (Å²) < 4.78 is 9.75. The van der Waals surface area contributed by atoms with Crippen molar-refractivity contribution in [2.45, 2.75) is 6.92 Å². The quantitative estimate of drug-likeness (QED) is 0.897. The van der Waals surface area contributed by atoms with Crippen LogP contribution >= 0.6 is 11.6 Å². The third-order valence-corrected chi connectivity index (χ3v) is 3.23. The van der Waals surface area contributed by atoms with Crippen LogP contribution in [0.25, 0.3) is 0 Å². The Bertz CT molecular complexity index is 677. The van der Waals surface area contributed by atoms with Gasteiger partial charge in [-0.2, -0.15) is 0 Å². The molecule has 0 saturated heterocycles. The van der Waals surface area contributed by atoms with Crippen LogP contribution < -0.4 is 15.4 Å². The first-order valence-electron chi connectivity index (χ1n) is 6.33. The van der Waals surface area contributed by atoms with Crippen molar-refractivity contribution in [1.82, 2.24) is 10.2 Å². The van der Waals surface area contributed by atoms with Crippen LogP contribution in [0.1, 0.15) is 5.56 Å². The number of halogens is 1. The van der Waals surface area contributed by atoms with E-state index in [2.05, 4.69) is 25.6 Å². The van der Waals surface area contributed by atoms with Gasteiger partial charge in [-0.25, -0.2) is 4.79 Å². The lowest BCUT2D eigenvalue weighted by Gasteiger charge is -2.12. The fraction of sp³-hybridized carbons (Fsp3) is 0.214. The van der Waals surface area contributed by atoms with Crippen LogP contribution in [-0.2, 0) is 4.74 Å². The molecule has 1 heterocycles. The van der Waals surface area contributed by atoms with E-state index < -0.39 is 6.09 Å². The van der Waals surface area contributed by atoms with Crippen molar-refractivity contribution < 1.29 is 14.3 Å². The van der Waals surface area contributed by atoms with Gasteiger partial charge in [-0.1, -0.05) is 11.6 Å². The fourth-order valence-corrected chi connectivity index (χ4v) is 1.84. The van der Waals surface area contributed by atoms with Gasteiger partial charge in [-0.3, -0.25) is 5.32 Å². The van der Waals surface area contributed by atoms with E-state index in [0.29, 0.717) is 22.3 Å². The molecule has 0 aliphatic carbocycles. The summed E-state index contributed by atoms with van der Waals surface area (Å²) in [5.74, 6) is 1.38. The number of amides is 1. The average Bonchev–Trinajstić information content (AvgIpc) is 2.52. The first-order valence-corrected chi connectivity index (χ1v) is 6.71. The van der Waals surface area contributed by atoms with Crippen LogP contribution in [0.4, 0.5) is 22.1 Å². The van der Waals surface area contributed by atoms with Gasteiger partial charge in [-0.15, -0.1) is 10.2 Å². The number of carbonyl (C=O) groups is 1. The summed E-state index contributed by atoms with van der Waals surface area (Å²) in [4.78, 5) is 11.1. The maximum absolute atomic E-state index is 11.1. The molecular weight excluding hydrogens is 308 g/mol. The molecule has 2 rings (SSSR count). The Morgan fingerprint density at radius 2 is 1.86 bits per heavy atom. The van der Waals surface area contributed by atoms with Gasteiger partial charge in [0.1, 0.15) is 5.75 Å². The van der Waals surface area contributed by atoms with Crippen molar-refractivity contribution in [2.24, 2.45) is 0 Å². The van der Waals surface area contributed by atoms with Gasteiger partial charge in [0.05, 0.1) is 19.9 Å². The average molecular weight is 323 g/mol. The second kappa shape index (κ2) is 6.95. The number of nitrogens with one attached hydrogen (secondary N) is 2. The number of methoxy groups -OCH3 is 2. The maximum Gasteiger partial charge on any atom is 0.412 e. The van der Waals surface area contributed by atoms with E-state index >= 15 is 0 Å². The molecule has 1 aromatic carbocycles. The van der Waals surface area contributed by atoms with Crippen molar-refractivity contribution in [1.29, 1.82) is 0 Å². The number of rotatable bonds is 4. The molecule has 0 saturated carbocycles. The molecule has 7 nitrogen and oxygen atoms in total. The van der Waals surface area contributed by atoms with Gasteiger partial charge < -0.3 is 14.8 Å². The monoisotopic (exact) mass is 322 g/mol. The van der Waals surface area contributed by atoms with Crippen LogP contribution in [0.5, 0.6) is 5.75 Å². The summed E-state index contributed by atoms with van der Waals surface area (Å²) >= 11 is 6.06. The number of carbonyl (C=O) groups excluding carboxylic acids is 1. The SMILES string of the molecule is COC(=O)Nc1ccc(Nc2cc(C)c(Cl)cc2OC)nn1. The van der Waals surface area contributed by atoms with Gasteiger partial charge >= 0.3 is 6.09 Å². The van der Waals surface area contributed by atoms with E-state index in [1.807, 2.05) is 13.0 Å². The summed E-state index contributed by atoms with van der Waals surface area (Å²) in [5, 5.41) is 14.0. The second-order valence-electron chi connectivity index (χ2n) is 4.35. The highest BCUT2D eigenvalue weighted by Crippen LogP contribution is 2.32. The first kappa shape index (κ1) is 15.8. The number of hydrogen-bond donors (Lipinski definition) is 2. The minimum Gasteiger partial charge on any atom is -0.495 e. The third-order valence-electron chi connectivity index (χ3n) is 2.82. The lowest BCUT2D eigenvalue weighted by atomic mass is 10.2. The Morgan fingerprint density at radius 1 is 1.18 bits per heavy atom. The topological polar surface area (TPSA) is 85.4 Å². The van der Waals surface area contributed by atoms with Gasteiger partial charge in [0.15, 0.2) is 11.6 Å². The molecule has 0 fully saturated rings. The molecule has 1 amide bonds. The Labute approximate surface area is 132 Å². The minimum atomic E-state index is -0.606. The summed E-state index contributed by atoms with van der Waals surface area (Å²) in [6, 6.07) is 6.84. The normalized spacial score (nSPS) is 10.0. The largest absolute Gasteiger partial charge is 0.495 e. The molecule has 0 bridgehead atoms. The predicted molar refractivity (Wildman–Crippen MR) is 84.1 cm³/mol. The molecule has 0 unspecified atom stereocenters. The molecule has 2 N–H and O–H groups in total. The molecule has 1 aromatic heterocycles. The number of benzene rings is 1. The predicted octanol–water partition coefficient (Wildman–Crippen LogP) is 3.37. The highest BCUT2D eigenvalue weighted by atomic mass is 35.5. The Balaban J connectivity index is 2.17. The van der Waals surface area contributed by atoms with E-state index in [9.17, 15) is 4.79 Å². The van der Waals surface area contributed by atoms with E-state index in [1.165, 1.54) is 7.11 Å². The molecule has 22 heavy (non-hydrogen) atoms. The van der Waals surface area contributed by atoms with Crippen molar-refractivity contribution >= 4 is 35.0 Å². The first-order chi connectivity index (χ1) is 10.5. The smallest absolute Gasteiger partial charge is 0.412 e. The highest BCUT2D eigenvalue weighted by Gasteiger charge is 2.09. The van der Waals surface area contributed by atoms with Gasteiger partial charge in [0, 0.05) is 11.1 Å². The number of ether oxygens (including phenoxy) is 2. The highest BCUT2D eigenvalue weighted by molar-refractivity contribution is 6.31. The van der Waals surface area contributed by atoms with Crippen LogP contribution in [0.2, 0.25) is 5.02 Å². The van der Waals surface area contributed by atoms with Crippen LogP contribution in [0, 0.1) is 6.92 Å². The molecule has 8 heteroatoms. The summed E-state index contributed by atoms with van der Waals surface area (Å²) in [6.07, 6.45) is -0.606. The van der Waals surface area contributed by atoms with Crippen molar-refractivity contribution in [2.75, 3.05) is 24.9 Å². The summed E-state index contributed by atoms with van der Waals surface area (Å²) in [7, 11) is 2.83. The number of nitrogens with zero attached hydrogens (tertiary/aromatic N) is 2. The number of aromatic nitrogens is 2. The van der Waals surface area contributed by atoms with E-state index in [4.69, 9.17) is 16.3 Å². The van der Waals surface area contributed by atoms with Gasteiger partial charge in [0.25, 0.3) is 0 Å². The molecule has 0 spiro atoms. The van der Waals surface area contributed by atoms with Crippen molar-refractivity contribution in [3.05, 3.63) is 34.9 Å². The number of anilines is 3. The summed E-state index contributed by atoms with van der Waals surface area (Å²) in [6.45, 7) is 1.89. The standard InChI is InChI=1S/C14H15ClN4O3/c1-8-6-10(11(21-2)7-9(8)15)16-12-4-5-13(19-18-12)17-14(20)22-3/h4-7H,1-3H3,(H,16,18)(H,17,19,20). The van der Waals surface area contributed by atoms with E-state index in [0.717, 1.165) is 5.56 Å². The molecule has 0 aliphatic rings. The number of hydrogen-bond acceptors (Lipinski definition) is 6. The van der Waals surface area contributed by atoms with Crippen molar-refractivity contribution in [3.63, 3.8) is 0 Å². The minimum absolute atomic E-state index is 0.289. The molecule has 2 aromatic rings. The second-order valence-corrected chi connectivity index (χ2v) is 4.75. The van der Waals surface area contributed by atoms with Crippen LogP contribution in [0.15, 0.2) is 24.3 Å². The van der Waals surface area contributed by atoms with E-state index in [-0.39, 0.29) is 5.82 Å². The Hall–Kier alpha value is -2.54. The van der Waals surface area contributed by atoms with Gasteiger partial charge in [0.2, 0.25) is 0 Å². The van der Waals surface area contributed by atoms with Crippen molar-refractivity contribution in [3.8, 4) is 5.75 Å². The Kier molecular flexibility index (Phi) is 5.00. The molecule has 0 aliphatic heterocycles. The zero-order chi connectivity index (χ0) is 16.1. The van der Waals surface area contributed by atoms with Crippen LogP contribution in [-0.4, -0.2) is 30.5 Å². The molecule has 0 atom stereocenters. The number of aryl methyl sites for hydroxylation is 1. The zero-order valence-electron chi connectivity index (χ0n) is 12.3. The molecule has 116 valence electrons. The zero-order valence-corrected chi connectivity index (χ0v) is 13.1. The van der Waals surface area contributed by atoms with E-state index in [1.54, 1.807) is 25.3 Å². The van der Waals surface area contributed by atoms with Gasteiger partial charge in [-0.05, 0) is 30.7 Å².